The van der Waals surface area contributed by atoms with Gasteiger partial charge in [-0.3, -0.25) is 0 Å². The zero-order valence-electron chi connectivity index (χ0n) is 12.4. The van der Waals surface area contributed by atoms with Crippen molar-refractivity contribution in [2.45, 2.75) is 59.8 Å². The lowest BCUT2D eigenvalue weighted by molar-refractivity contribution is 0.124. The molecule has 0 bridgehead atoms. The molecule has 0 spiro atoms. The molecule has 0 aromatic rings. The molecule has 0 rings (SSSR count). The highest BCUT2D eigenvalue weighted by Gasteiger charge is 2.04. The van der Waals surface area contributed by atoms with Gasteiger partial charge in [-0.25, -0.2) is 0 Å². The predicted molar refractivity (Wildman–Crippen MR) is 76.4 cm³/mol. The van der Waals surface area contributed by atoms with Crippen LogP contribution in [0.25, 0.3) is 0 Å². The van der Waals surface area contributed by atoms with Crippen molar-refractivity contribution in [3.63, 3.8) is 0 Å². The maximum atomic E-state index is 5.58. The van der Waals surface area contributed by atoms with Crippen LogP contribution >= 0.6 is 0 Å². The first kappa shape index (κ1) is 16.9. The van der Waals surface area contributed by atoms with Crippen LogP contribution in [0.2, 0.25) is 0 Å². The lowest BCUT2D eigenvalue weighted by Crippen LogP contribution is -2.26. The van der Waals surface area contributed by atoms with Crippen molar-refractivity contribution in [3.8, 4) is 0 Å². The fraction of sp³-hybridized carbons (Fsp3) is 1.00. The zero-order valence-corrected chi connectivity index (χ0v) is 12.4. The summed E-state index contributed by atoms with van der Waals surface area (Å²) in [4.78, 5) is 0. The molecule has 1 N–H and O–H groups in total. The van der Waals surface area contributed by atoms with E-state index in [2.05, 4.69) is 33.0 Å². The molecule has 0 amide bonds. The number of ether oxygens (including phenoxy) is 1. The summed E-state index contributed by atoms with van der Waals surface area (Å²) in [5.74, 6) is 1.60. The maximum Gasteiger partial charge on any atom is 0.0590 e. The molecule has 0 heterocycles. The number of hydrogen-bond donors (Lipinski definition) is 1. The van der Waals surface area contributed by atoms with Crippen LogP contribution in [0.3, 0.4) is 0 Å². The molecule has 17 heavy (non-hydrogen) atoms. The molecular weight excluding hydrogens is 210 g/mol. The van der Waals surface area contributed by atoms with Crippen molar-refractivity contribution < 1.29 is 4.74 Å². The Hall–Kier alpha value is -0.0800. The molecule has 1 atom stereocenters. The van der Waals surface area contributed by atoms with Gasteiger partial charge < -0.3 is 10.1 Å². The third kappa shape index (κ3) is 12.2. The van der Waals surface area contributed by atoms with Gasteiger partial charge in [-0.2, -0.15) is 0 Å². The van der Waals surface area contributed by atoms with Crippen molar-refractivity contribution in [2.75, 3.05) is 26.3 Å². The molecule has 2 nitrogen and oxygen atoms in total. The Kier molecular flexibility index (Phi) is 12.3. The molecule has 0 radical (unpaired) electrons. The van der Waals surface area contributed by atoms with E-state index in [4.69, 9.17) is 4.74 Å². The lowest BCUT2D eigenvalue weighted by atomic mass is 9.99. The molecule has 1 unspecified atom stereocenters. The van der Waals surface area contributed by atoms with E-state index in [1.54, 1.807) is 0 Å². The van der Waals surface area contributed by atoms with E-state index in [-0.39, 0.29) is 0 Å². The summed E-state index contributed by atoms with van der Waals surface area (Å²) in [6.45, 7) is 13.0. The van der Waals surface area contributed by atoms with E-state index in [1.165, 1.54) is 32.1 Å². The standard InChI is InChI=1S/C15H33NO/c1-5-7-8-15(6-2)13-16-10-12-17-11-9-14(3)4/h14-16H,5-13H2,1-4H3. The Morgan fingerprint density at radius 2 is 1.82 bits per heavy atom. The van der Waals surface area contributed by atoms with Crippen LogP contribution in [0.15, 0.2) is 0 Å². The van der Waals surface area contributed by atoms with Gasteiger partial charge in [-0.1, -0.05) is 47.0 Å². The highest BCUT2D eigenvalue weighted by molar-refractivity contribution is 4.60. The van der Waals surface area contributed by atoms with Crippen molar-refractivity contribution in [1.82, 2.24) is 5.32 Å². The Balaban J connectivity index is 3.24. The van der Waals surface area contributed by atoms with E-state index in [9.17, 15) is 0 Å². The van der Waals surface area contributed by atoms with Crippen LogP contribution < -0.4 is 5.32 Å². The first-order valence-corrected chi connectivity index (χ1v) is 7.49. The summed E-state index contributed by atoms with van der Waals surface area (Å²) in [5.41, 5.74) is 0. The predicted octanol–water partition coefficient (Wildman–Crippen LogP) is 3.86. The Bertz CT molecular complexity index is 148. The van der Waals surface area contributed by atoms with Crippen LogP contribution in [-0.2, 0) is 4.74 Å². The summed E-state index contributed by atoms with van der Waals surface area (Å²) in [5, 5.41) is 3.51. The second-order valence-corrected chi connectivity index (χ2v) is 5.42. The fourth-order valence-corrected chi connectivity index (χ4v) is 1.81. The third-order valence-corrected chi connectivity index (χ3v) is 3.24. The second-order valence-electron chi connectivity index (χ2n) is 5.42. The first-order chi connectivity index (χ1) is 8.20. The first-order valence-electron chi connectivity index (χ1n) is 7.49. The molecule has 0 saturated heterocycles. The monoisotopic (exact) mass is 243 g/mol. The molecule has 0 saturated carbocycles. The molecule has 2 heteroatoms. The van der Waals surface area contributed by atoms with Gasteiger partial charge in [-0.15, -0.1) is 0 Å². The van der Waals surface area contributed by atoms with Gasteiger partial charge in [0.1, 0.15) is 0 Å². The fourth-order valence-electron chi connectivity index (χ4n) is 1.81. The highest BCUT2D eigenvalue weighted by Crippen LogP contribution is 2.10. The van der Waals surface area contributed by atoms with Crippen LogP contribution in [0.1, 0.15) is 59.8 Å². The zero-order chi connectivity index (χ0) is 12.9. The smallest absolute Gasteiger partial charge is 0.0590 e. The van der Waals surface area contributed by atoms with Crippen LogP contribution in [-0.4, -0.2) is 26.3 Å². The minimum absolute atomic E-state index is 0.751. The Labute approximate surface area is 109 Å². The molecule has 0 aliphatic rings. The molecular formula is C15H33NO. The van der Waals surface area contributed by atoms with E-state index < -0.39 is 0 Å². The molecule has 0 aromatic heterocycles. The van der Waals surface area contributed by atoms with Crippen molar-refractivity contribution in [2.24, 2.45) is 11.8 Å². The summed E-state index contributed by atoms with van der Waals surface area (Å²) < 4.78 is 5.58. The van der Waals surface area contributed by atoms with Gasteiger partial charge in [-0.05, 0) is 31.2 Å². The van der Waals surface area contributed by atoms with Gasteiger partial charge in [0.2, 0.25) is 0 Å². The summed E-state index contributed by atoms with van der Waals surface area (Å²) >= 11 is 0. The molecule has 0 fully saturated rings. The van der Waals surface area contributed by atoms with E-state index in [1.807, 2.05) is 0 Å². The van der Waals surface area contributed by atoms with Crippen LogP contribution in [0, 0.1) is 11.8 Å². The number of nitrogens with one attached hydrogen (secondary N) is 1. The molecule has 0 aromatic carbocycles. The quantitative estimate of drug-likeness (QED) is 0.526. The van der Waals surface area contributed by atoms with Crippen LogP contribution in [0.4, 0.5) is 0 Å². The lowest BCUT2D eigenvalue weighted by Gasteiger charge is -2.15. The van der Waals surface area contributed by atoms with Gasteiger partial charge in [0.15, 0.2) is 0 Å². The van der Waals surface area contributed by atoms with Gasteiger partial charge >= 0.3 is 0 Å². The SMILES string of the molecule is CCCCC(CC)CNCCOCCC(C)C. The largest absolute Gasteiger partial charge is 0.380 e. The van der Waals surface area contributed by atoms with Crippen molar-refractivity contribution >= 4 is 0 Å². The molecule has 104 valence electrons. The molecule has 0 aliphatic heterocycles. The number of hydrogen-bond acceptors (Lipinski definition) is 2. The normalized spacial score (nSPS) is 13.2. The van der Waals surface area contributed by atoms with Gasteiger partial charge in [0.05, 0.1) is 6.61 Å². The highest BCUT2D eigenvalue weighted by atomic mass is 16.5. The summed E-state index contributed by atoms with van der Waals surface area (Å²) in [6.07, 6.45) is 6.52. The van der Waals surface area contributed by atoms with E-state index in [0.29, 0.717) is 0 Å². The van der Waals surface area contributed by atoms with E-state index in [0.717, 1.165) is 38.1 Å². The summed E-state index contributed by atoms with van der Waals surface area (Å²) in [7, 11) is 0. The van der Waals surface area contributed by atoms with Crippen LogP contribution in [0.5, 0.6) is 0 Å². The maximum absolute atomic E-state index is 5.58. The second kappa shape index (κ2) is 12.4. The Morgan fingerprint density at radius 1 is 1.06 bits per heavy atom. The number of rotatable bonds is 12. The third-order valence-electron chi connectivity index (χ3n) is 3.24. The van der Waals surface area contributed by atoms with Gasteiger partial charge in [0, 0.05) is 13.2 Å². The van der Waals surface area contributed by atoms with Gasteiger partial charge in [0.25, 0.3) is 0 Å². The summed E-state index contributed by atoms with van der Waals surface area (Å²) in [6, 6.07) is 0. The van der Waals surface area contributed by atoms with E-state index >= 15 is 0 Å². The Morgan fingerprint density at radius 3 is 2.41 bits per heavy atom. The average molecular weight is 243 g/mol. The average Bonchev–Trinajstić information content (AvgIpc) is 2.31. The van der Waals surface area contributed by atoms with Crippen molar-refractivity contribution in [1.29, 1.82) is 0 Å². The molecule has 0 aliphatic carbocycles. The topological polar surface area (TPSA) is 21.3 Å². The number of unbranched alkanes of at least 4 members (excludes halogenated alkanes) is 1. The van der Waals surface area contributed by atoms with Crippen molar-refractivity contribution in [3.05, 3.63) is 0 Å². The minimum atomic E-state index is 0.751. The minimum Gasteiger partial charge on any atom is -0.380 e.